The summed E-state index contributed by atoms with van der Waals surface area (Å²) in [6, 6.07) is 20.4. The molecule has 0 saturated heterocycles. The molecule has 0 aromatic heterocycles. The highest BCUT2D eigenvalue weighted by Gasteiger charge is 1.98. The molecule has 25 heavy (non-hydrogen) atoms. The lowest BCUT2D eigenvalue weighted by atomic mass is 10.1. The Bertz CT molecular complexity index is 617. The van der Waals surface area contributed by atoms with Gasteiger partial charge in [-0.05, 0) is 36.5 Å². The van der Waals surface area contributed by atoms with Gasteiger partial charge in [0.05, 0.1) is 6.61 Å². The molecule has 0 radical (unpaired) electrons. The van der Waals surface area contributed by atoms with E-state index in [-0.39, 0.29) is 5.97 Å². The number of esters is 1. The fraction of sp³-hybridized carbons (Fsp3) is 0.348. The molecule has 0 atom stereocenters. The van der Waals surface area contributed by atoms with Crippen molar-refractivity contribution in [1.29, 1.82) is 0 Å². The van der Waals surface area contributed by atoms with E-state index in [0.29, 0.717) is 6.61 Å². The van der Waals surface area contributed by atoms with Crippen LogP contribution in [0.3, 0.4) is 0 Å². The van der Waals surface area contributed by atoms with Gasteiger partial charge in [0, 0.05) is 6.08 Å². The minimum Gasteiger partial charge on any atom is -0.463 e. The molecule has 0 bridgehead atoms. The Balaban J connectivity index is 1.43. The summed E-state index contributed by atoms with van der Waals surface area (Å²) in [5.41, 5.74) is 2.44. The lowest BCUT2D eigenvalue weighted by molar-refractivity contribution is -0.137. The summed E-state index contributed by atoms with van der Waals surface area (Å²) in [7, 11) is 0. The number of unbranched alkanes of at least 4 members (excludes halogenated alkanes) is 5. The van der Waals surface area contributed by atoms with E-state index >= 15 is 0 Å². The number of hydrogen-bond acceptors (Lipinski definition) is 2. The molecule has 2 rings (SSSR count). The minimum atomic E-state index is -0.258. The second-order valence-corrected chi connectivity index (χ2v) is 6.27. The van der Waals surface area contributed by atoms with Gasteiger partial charge in [0.2, 0.25) is 0 Å². The van der Waals surface area contributed by atoms with E-state index in [1.165, 1.54) is 43.7 Å². The highest BCUT2D eigenvalue weighted by molar-refractivity contribution is 5.86. The van der Waals surface area contributed by atoms with Gasteiger partial charge in [-0.25, -0.2) is 4.79 Å². The maximum absolute atomic E-state index is 11.6. The average molecular weight is 336 g/mol. The fourth-order valence-corrected chi connectivity index (χ4v) is 2.73. The summed E-state index contributed by atoms with van der Waals surface area (Å²) in [6.45, 7) is 0.516. The van der Waals surface area contributed by atoms with Crippen molar-refractivity contribution in [3.05, 3.63) is 77.9 Å². The highest BCUT2D eigenvalue weighted by Crippen LogP contribution is 2.10. The number of hydrogen-bond donors (Lipinski definition) is 0. The number of benzene rings is 2. The smallest absolute Gasteiger partial charge is 0.330 e. The van der Waals surface area contributed by atoms with E-state index in [1.54, 1.807) is 6.08 Å². The van der Waals surface area contributed by atoms with Gasteiger partial charge in [0.1, 0.15) is 0 Å². The normalized spacial score (nSPS) is 10.9. The van der Waals surface area contributed by atoms with Crippen LogP contribution in [0.4, 0.5) is 0 Å². The average Bonchev–Trinajstić information content (AvgIpc) is 2.66. The van der Waals surface area contributed by atoms with Crippen LogP contribution in [0.2, 0.25) is 0 Å². The first-order valence-corrected chi connectivity index (χ1v) is 9.28. The lowest BCUT2D eigenvalue weighted by Gasteiger charge is -2.03. The zero-order chi connectivity index (χ0) is 17.6. The van der Waals surface area contributed by atoms with Crippen LogP contribution in [0, 0.1) is 0 Å². The van der Waals surface area contributed by atoms with Crippen LogP contribution >= 0.6 is 0 Å². The molecular formula is C23H28O2. The predicted octanol–water partition coefficient (Wildman–Crippen LogP) is 5.83. The van der Waals surface area contributed by atoms with E-state index in [0.717, 1.165) is 18.4 Å². The van der Waals surface area contributed by atoms with Crippen molar-refractivity contribution >= 4 is 12.0 Å². The summed E-state index contributed by atoms with van der Waals surface area (Å²) in [6.07, 6.45) is 11.5. The maximum atomic E-state index is 11.6. The van der Waals surface area contributed by atoms with Gasteiger partial charge in [-0.15, -0.1) is 0 Å². The van der Waals surface area contributed by atoms with Crippen molar-refractivity contribution in [2.45, 2.75) is 44.9 Å². The number of aryl methyl sites for hydroxylation is 1. The summed E-state index contributed by atoms with van der Waals surface area (Å²) in [5.74, 6) is -0.258. The Morgan fingerprint density at radius 1 is 0.760 bits per heavy atom. The van der Waals surface area contributed by atoms with Gasteiger partial charge >= 0.3 is 5.97 Å². The Kier molecular flexibility index (Phi) is 9.17. The number of carbonyl (C=O) groups excluding carboxylic acids is 1. The van der Waals surface area contributed by atoms with E-state index in [4.69, 9.17) is 4.74 Å². The van der Waals surface area contributed by atoms with Crippen LogP contribution in [0.25, 0.3) is 6.08 Å². The van der Waals surface area contributed by atoms with Gasteiger partial charge < -0.3 is 4.74 Å². The van der Waals surface area contributed by atoms with E-state index in [9.17, 15) is 4.79 Å². The number of ether oxygens (including phenoxy) is 1. The topological polar surface area (TPSA) is 26.3 Å². The van der Waals surface area contributed by atoms with Crippen LogP contribution in [0.15, 0.2) is 66.7 Å². The van der Waals surface area contributed by atoms with Crippen molar-refractivity contribution in [3.63, 3.8) is 0 Å². The molecule has 0 aliphatic heterocycles. The molecule has 0 unspecified atom stereocenters. The summed E-state index contributed by atoms with van der Waals surface area (Å²) in [5, 5.41) is 0. The standard InChI is InChI=1S/C23H28O2/c24-23(19-18-22-16-10-6-11-17-22)25-20-12-4-2-1-3-7-13-21-14-8-5-9-15-21/h5-6,8-11,14-19H,1-4,7,12-13,20H2. The van der Waals surface area contributed by atoms with Crippen molar-refractivity contribution in [2.75, 3.05) is 6.61 Å². The minimum absolute atomic E-state index is 0.258. The number of rotatable bonds is 11. The van der Waals surface area contributed by atoms with Crippen LogP contribution in [0.1, 0.15) is 49.7 Å². The third-order valence-electron chi connectivity index (χ3n) is 4.16. The maximum Gasteiger partial charge on any atom is 0.330 e. The molecule has 2 aromatic rings. The van der Waals surface area contributed by atoms with Gasteiger partial charge in [0.15, 0.2) is 0 Å². The van der Waals surface area contributed by atoms with Crippen molar-refractivity contribution in [3.8, 4) is 0 Å². The molecule has 0 spiro atoms. The first kappa shape index (κ1) is 19.0. The summed E-state index contributed by atoms with van der Waals surface area (Å²) < 4.78 is 5.22. The van der Waals surface area contributed by atoms with E-state index < -0.39 is 0 Å². The highest BCUT2D eigenvalue weighted by atomic mass is 16.5. The zero-order valence-electron chi connectivity index (χ0n) is 14.9. The van der Waals surface area contributed by atoms with Gasteiger partial charge in [-0.1, -0.05) is 86.3 Å². The fourth-order valence-electron chi connectivity index (χ4n) is 2.73. The van der Waals surface area contributed by atoms with Crippen LogP contribution in [-0.4, -0.2) is 12.6 Å². The molecular weight excluding hydrogens is 308 g/mol. The first-order valence-electron chi connectivity index (χ1n) is 9.28. The molecule has 132 valence electrons. The van der Waals surface area contributed by atoms with Crippen LogP contribution in [-0.2, 0) is 16.0 Å². The molecule has 2 aromatic carbocycles. The molecule has 0 saturated carbocycles. The largest absolute Gasteiger partial charge is 0.463 e. The van der Waals surface area contributed by atoms with Crippen LogP contribution < -0.4 is 0 Å². The van der Waals surface area contributed by atoms with Crippen molar-refractivity contribution in [2.24, 2.45) is 0 Å². The molecule has 0 aliphatic rings. The number of carbonyl (C=O) groups is 1. The molecule has 0 amide bonds. The SMILES string of the molecule is O=C(C=Cc1ccccc1)OCCCCCCCCc1ccccc1. The van der Waals surface area contributed by atoms with Gasteiger partial charge in [-0.2, -0.15) is 0 Å². The monoisotopic (exact) mass is 336 g/mol. The molecule has 0 aliphatic carbocycles. The molecule has 0 fully saturated rings. The Labute approximate surface area is 151 Å². The lowest BCUT2D eigenvalue weighted by Crippen LogP contribution is -2.02. The predicted molar refractivity (Wildman–Crippen MR) is 104 cm³/mol. The molecule has 2 nitrogen and oxygen atoms in total. The second-order valence-electron chi connectivity index (χ2n) is 6.27. The van der Waals surface area contributed by atoms with Gasteiger partial charge in [-0.3, -0.25) is 0 Å². The third-order valence-corrected chi connectivity index (χ3v) is 4.16. The second kappa shape index (κ2) is 12.1. The van der Waals surface area contributed by atoms with Gasteiger partial charge in [0.25, 0.3) is 0 Å². The van der Waals surface area contributed by atoms with Crippen molar-refractivity contribution in [1.82, 2.24) is 0 Å². The van der Waals surface area contributed by atoms with Crippen molar-refractivity contribution < 1.29 is 9.53 Å². The Hall–Kier alpha value is -2.35. The summed E-state index contributed by atoms with van der Waals surface area (Å²) >= 11 is 0. The van der Waals surface area contributed by atoms with Crippen LogP contribution in [0.5, 0.6) is 0 Å². The molecule has 2 heteroatoms. The molecule has 0 N–H and O–H groups in total. The Morgan fingerprint density at radius 2 is 1.36 bits per heavy atom. The first-order chi connectivity index (χ1) is 12.3. The Morgan fingerprint density at radius 3 is 2.08 bits per heavy atom. The van der Waals surface area contributed by atoms with E-state index in [1.807, 2.05) is 30.3 Å². The third kappa shape index (κ3) is 8.90. The quantitative estimate of drug-likeness (QED) is 0.293. The zero-order valence-corrected chi connectivity index (χ0v) is 14.9. The summed E-state index contributed by atoms with van der Waals surface area (Å²) in [4.78, 5) is 11.6. The molecule has 0 heterocycles. The van der Waals surface area contributed by atoms with E-state index in [2.05, 4.69) is 30.3 Å².